The summed E-state index contributed by atoms with van der Waals surface area (Å²) in [6, 6.07) is 15.6. The lowest BCUT2D eigenvalue weighted by atomic mass is 10.0. The van der Waals surface area contributed by atoms with Gasteiger partial charge < -0.3 is 21.4 Å². The smallest absolute Gasteiger partial charge is 0.251 e. The highest BCUT2D eigenvalue weighted by atomic mass is 16.1. The summed E-state index contributed by atoms with van der Waals surface area (Å²) in [6.45, 7) is 1.45. The molecule has 7 heteroatoms. The number of nitrogen functional groups attached to an aromatic ring is 1. The topological polar surface area (TPSA) is 120 Å². The van der Waals surface area contributed by atoms with Gasteiger partial charge in [-0.1, -0.05) is 18.2 Å². The number of hydrogen-bond acceptors (Lipinski definition) is 4. The molecule has 2 aromatic heterocycles. The van der Waals surface area contributed by atoms with Crippen LogP contribution in [0.15, 0.2) is 60.9 Å². The molecule has 0 spiro atoms. The Labute approximate surface area is 185 Å². The van der Waals surface area contributed by atoms with E-state index in [1.807, 2.05) is 48.7 Å². The number of hydrogen-bond donors (Lipinski definition) is 5. The quantitative estimate of drug-likeness (QED) is 0.240. The van der Waals surface area contributed by atoms with E-state index >= 15 is 0 Å². The maximum absolute atomic E-state index is 12.6. The third-order valence-electron chi connectivity index (χ3n) is 5.89. The lowest BCUT2D eigenvalue weighted by molar-refractivity contribution is 0.0954. The molecule has 160 valence electrons. The Morgan fingerprint density at radius 3 is 2.81 bits per heavy atom. The first-order valence-electron chi connectivity index (χ1n) is 10.6. The summed E-state index contributed by atoms with van der Waals surface area (Å²) in [4.78, 5) is 20.2. The summed E-state index contributed by atoms with van der Waals surface area (Å²) in [6.07, 6.45) is 5.29. The van der Waals surface area contributed by atoms with Crippen LogP contribution >= 0.6 is 0 Å². The number of nitrogens with two attached hydrogens (primary N) is 1. The van der Waals surface area contributed by atoms with E-state index in [0.29, 0.717) is 24.1 Å². The highest BCUT2D eigenvalue weighted by Gasteiger charge is 2.16. The van der Waals surface area contributed by atoms with Crippen LogP contribution in [-0.4, -0.2) is 34.8 Å². The molecule has 0 unspecified atom stereocenters. The summed E-state index contributed by atoms with van der Waals surface area (Å²) in [7, 11) is 0. The summed E-state index contributed by atoms with van der Waals surface area (Å²) in [5.41, 5.74) is 13.3. The van der Waals surface area contributed by atoms with Crippen LogP contribution in [0.25, 0.3) is 22.2 Å². The van der Waals surface area contributed by atoms with Gasteiger partial charge in [-0.2, -0.15) is 0 Å². The van der Waals surface area contributed by atoms with E-state index in [-0.39, 0.29) is 11.7 Å². The monoisotopic (exact) mass is 424 g/mol. The summed E-state index contributed by atoms with van der Waals surface area (Å²) in [5.74, 6) is -0.0651. The fourth-order valence-electron chi connectivity index (χ4n) is 4.20. The molecule has 4 aromatic rings. The predicted molar refractivity (Wildman–Crippen MR) is 127 cm³/mol. The fraction of sp³-hybridized carbons (Fsp3) is 0.160. The van der Waals surface area contributed by atoms with E-state index in [4.69, 9.17) is 11.1 Å². The number of pyridine rings is 1. The molecule has 1 aliphatic heterocycles. The van der Waals surface area contributed by atoms with Crippen LogP contribution in [0.4, 0.5) is 5.69 Å². The van der Waals surface area contributed by atoms with Gasteiger partial charge in [0, 0.05) is 53.1 Å². The van der Waals surface area contributed by atoms with Crippen molar-refractivity contribution in [3.05, 3.63) is 83.2 Å². The highest BCUT2D eigenvalue weighted by Crippen LogP contribution is 2.32. The summed E-state index contributed by atoms with van der Waals surface area (Å²) >= 11 is 0. The van der Waals surface area contributed by atoms with Crippen molar-refractivity contribution < 1.29 is 4.79 Å². The van der Waals surface area contributed by atoms with Crippen LogP contribution in [0.5, 0.6) is 0 Å². The highest BCUT2D eigenvalue weighted by molar-refractivity contribution is 6.07. The molecule has 0 bridgehead atoms. The molecule has 2 aromatic carbocycles. The Morgan fingerprint density at radius 2 is 2.00 bits per heavy atom. The molecule has 0 radical (unpaired) electrons. The number of rotatable bonds is 6. The van der Waals surface area contributed by atoms with Gasteiger partial charge >= 0.3 is 0 Å². The Kier molecular flexibility index (Phi) is 5.07. The van der Waals surface area contributed by atoms with Gasteiger partial charge in [0.15, 0.2) is 0 Å². The molecule has 0 aliphatic carbocycles. The first-order valence-corrected chi connectivity index (χ1v) is 10.6. The van der Waals surface area contributed by atoms with Crippen LogP contribution in [0.1, 0.15) is 27.0 Å². The van der Waals surface area contributed by atoms with Crippen molar-refractivity contribution in [1.82, 2.24) is 15.3 Å². The minimum absolute atomic E-state index is 0.0385. The van der Waals surface area contributed by atoms with Crippen molar-refractivity contribution in [3.63, 3.8) is 0 Å². The normalized spacial score (nSPS) is 12.4. The van der Waals surface area contributed by atoms with Crippen molar-refractivity contribution in [3.8, 4) is 11.3 Å². The predicted octanol–water partition coefficient (Wildman–Crippen LogP) is 3.45. The van der Waals surface area contributed by atoms with E-state index in [2.05, 4.69) is 26.7 Å². The molecule has 1 aliphatic rings. The number of amidine groups is 1. The van der Waals surface area contributed by atoms with Gasteiger partial charge in [-0.3, -0.25) is 15.2 Å². The molecule has 0 atom stereocenters. The number of nitrogens with one attached hydrogen (secondary N) is 4. The number of carbonyl (C=O) groups excluding carboxylic acids is 1. The zero-order valence-electron chi connectivity index (χ0n) is 17.5. The SMILES string of the molecule is N=C(N)c1c[nH]c2ccc(CCNC(=O)c3ccc(-c4nccc5c4NCC5)cc3)cc12. The van der Waals surface area contributed by atoms with Crippen LogP contribution in [0.3, 0.4) is 0 Å². The van der Waals surface area contributed by atoms with Crippen molar-refractivity contribution in [2.75, 3.05) is 18.4 Å². The fourth-order valence-corrected chi connectivity index (χ4v) is 4.20. The van der Waals surface area contributed by atoms with Crippen LogP contribution in [0, 0.1) is 5.41 Å². The molecular weight excluding hydrogens is 400 g/mol. The Morgan fingerprint density at radius 1 is 1.16 bits per heavy atom. The maximum Gasteiger partial charge on any atom is 0.251 e. The van der Waals surface area contributed by atoms with Gasteiger partial charge in [-0.25, -0.2) is 0 Å². The zero-order valence-corrected chi connectivity index (χ0v) is 17.5. The third kappa shape index (κ3) is 3.69. The second-order valence-electron chi connectivity index (χ2n) is 7.95. The molecule has 7 nitrogen and oxygen atoms in total. The van der Waals surface area contributed by atoms with Crippen molar-refractivity contribution in [1.29, 1.82) is 5.41 Å². The second-order valence-corrected chi connectivity index (χ2v) is 7.95. The summed E-state index contributed by atoms with van der Waals surface area (Å²) in [5, 5.41) is 15.0. The minimum atomic E-state index is -0.104. The van der Waals surface area contributed by atoms with E-state index in [0.717, 1.165) is 46.4 Å². The second kappa shape index (κ2) is 8.19. The largest absolute Gasteiger partial charge is 0.384 e. The number of benzene rings is 2. The van der Waals surface area contributed by atoms with Gasteiger partial charge in [0.1, 0.15) is 5.84 Å². The van der Waals surface area contributed by atoms with Crippen molar-refractivity contribution in [2.45, 2.75) is 12.8 Å². The molecule has 3 heterocycles. The maximum atomic E-state index is 12.6. The number of anilines is 1. The standard InChI is InChI=1S/C25H24N6O/c26-24(27)20-14-31-21-6-1-15(13-19(20)21)7-10-30-25(32)18-4-2-16(3-5-18)22-23-17(8-11-28-22)9-12-29-23/h1-6,8,11,13-14,29,31H,7,9-10,12H2,(H3,26,27)(H,30,32). The zero-order chi connectivity index (χ0) is 22.1. The number of aromatic nitrogens is 2. The number of amides is 1. The molecule has 0 saturated heterocycles. The number of aromatic amines is 1. The lowest BCUT2D eigenvalue weighted by Crippen LogP contribution is -2.25. The number of carbonyl (C=O) groups is 1. The number of H-pyrrole nitrogens is 1. The number of fused-ring (bicyclic) bond motifs is 2. The van der Waals surface area contributed by atoms with Crippen molar-refractivity contribution >= 4 is 28.3 Å². The molecule has 1 amide bonds. The molecule has 5 rings (SSSR count). The van der Waals surface area contributed by atoms with Crippen LogP contribution in [-0.2, 0) is 12.8 Å². The Bertz CT molecular complexity index is 1320. The van der Waals surface area contributed by atoms with E-state index in [1.165, 1.54) is 5.56 Å². The Balaban J connectivity index is 1.23. The average molecular weight is 425 g/mol. The molecular formula is C25H24N6O. The van der Waals surface area contributed by atoms with E-state index < -0.39 is 0 Å². The third-order valence-corrected chi connectivity index (χ3v) is 5.89. The van der Waals surface area contributed by atoms with Crippen LogP contribution in [0.2, 0.25) is 0 Å². The Hall–Kier alpha value is -4.13. The molecule has 32 heavy (non-hydrogen) atoms. The van der Waals surface area contributed by atoms with Gasteiger partial charge in [0.2, 0.25) is 0 Å². The van der Waals surface area contributed by atoms with E-state index in [9.17, 15) is 4.79 Å². The van der Waals surface area contributed by atoms with Crippen LogP contribution < -0.4 is 16.4 Å². The minimum Gasteiger partial charge on any atom is -0.384 e. The van der Waals surface area contributed by atoms with Gasteiger partial charge in [0.25, 0.3) is 5.91 Å². The molecule has 0 saturated carbocycles. The summed E-state index contributed by atoms with van der Waals surface area (Å²) < 4.78 is 0. The molecule has 6 N–H and O–H groups in total. The van der Waals surface area contributed by atoms with Gasteiger partial charge in [-0.05, 0) is 54.3 Å². The first kappa shape index (κ1) is 19.8. The first-order chi connectivity index (χ1) is 15.6. The average Bonchev–Trinajstić information content (AvgIpc) is 3.46. The number of nitrogens with zero attached hydrogens (tertiary/aromatic N) is 1. The van der Waals surface area contributed by atoms with Crippen molar-refractivity contribution in [2.24, 2.45) is 5.73 Å². The van der Waals surface area contributed by atoms with Gasteiger partial charge in [0.05, 0.1) is 11.4 Å². The van der Waals surface area contributed by atoms with E-state index in [1.54, 1.807) is 6.20 Å². The lowest BCUT2D eigenvalue weighted by Gasteiger charge is -2.09. The molecule has 0 fully saturated rings. The van der Waals surface area contributed by atoms with Gasteiger partial charge in [-0.15, -0.1) is 0 Å².